The van der Waals surface area contributed by atoms with Crippen LogP contribution in [0.2, 0.25) is 0 Å². The van der Waals surface area contributed by atoms with Crippen molar-refractivity contribution in [2.75, 3.05) is 0 Å². The van der Waals surface area contributed by atoms with Crippen LogP contribution in [0.25, 0.3) is 11.3 Å². The number of benzene rings is 1. The molecule has 3 rings (SSSR count). The Kier molecular flexibility index (Phi) is 10.4. The normalized spacial score (nSPS) is 8.83. The summed E-state index contributed by atoms with van der Waals surface area (Å²) in [4.78, 5) is 8.48. The molecule has 0 unspecified atom stereocenters. The van der Waals surface area contributed by atoms with Crippen molar-refractivity contribution < 1.29 is 33.5 Å². The second-order valence-electron chi connectivity index (χ2n) is 4.95. The first kappa shape index (κ1) is 21.5. The zero-order chi connectivity index (χ0) is 15.1. The van der Waals surface area contributed by atoms with E-state index in [4.69, 9.17) is 0 Å². The predicted octanol–water partition coefficient (Wildman–Crippen LogP) is 1.76. The summed E-state index contributed by atoms with van der Waals surface area (Å²) < 4.78 is 0. The van der Waals surface area contributed by atoms with Gasteiger partial charge in [0.05, 0.1) is 5.69 Å². The SMILES string of the molecule is Cc1cccc(C)n1.Cc1ccccc1-c1ccccn1.[Cl-].[Pt+2]. The monoisotopic (exact) mass is 506 g/mol. The summed E-state index contributed by atoms with van der Waals surface area (Å²) in [6, 6.07) is 20.2. The first-order chi connectivity index (χ1) is 10.2. The molecule has 0 aliphatic rings. The zero-order valence-corrected chi connectivity index (χ0v) is 16.5. The van der Waals surface area contributed by atoms with Gasteiger partial charge in [0.2, 0.25) is 0 Å². The minimum atomic E-state index is 0. The van der Waals surface area contributed by atoms with E-state index in [-0.39, 0.29) is 33.5 Å². The summed E-state index contributed by atoms with van der Waals surface area (Å²) in [5.74, 6) is 0. The molecule has 0 saturated heterocycles. The summed E-state index contributed by atoms with van der Waals surface area (Å²) in [6.07, 6.45) is 1.82. The Morgan fingerprint density at radius 1 is 0.696 bits per heavy atom. The maximum Gasteiger partial charge on any atom is 2.00 e. The third-order valence-electron chi connectivity index (χ3n) is 3.11. The average molecular weight is 507 g/mol. The number of hydrogen-bond donors (Lipinski definition) is 0. The molecule has 122 valence electrons. The van der Waals surface area contributed by atoms with Crippen molar-refractivity contribution in [3.05, 3.63) is 83.8 Å². The van der Waals surface area contributed by atoms with Crippen molar-refractivity contribution in [2.45, 2.75) is 20.8 Å². The van der Waals surface area contributed by atoms with Crippen LogP contribution in [0.15, 0.2) is 66.9 Å². The van der Waals surface area contributed by atoms with Crippen molar-refractivity contribution >= 4 is 0 Å². The molecule has 23 heavy (non-hydrogen) atoms. The first-order valence-electron chi connectivity index (χ1n) is 7.04. The molecule has 0 spiro atoms. The van der Waals surface area contributed by atoms with Gasteiger partial charge in [0.25, 0.3) is 0 Å². The summed E-state index contributed by atoms with van der Waals surface area (Å²) in [6.45, 7) is 6.09. The second-order valence-corrected chi connectivity index (χ2v) is 4.95. The van der Waals surface area contributed by atoms with Gasteiger partial charge >= 0.3 is 21.1 Å². The van der Waals surface area contributed by atoms with Crippen molar-refractivity contribution in [3.8, 4) is 11.3 Å². The Bertz CT molecular complexity index is 685. The molecule has 0 atom stereocenters. The van der Waals surface area contributed by atoms with E-state index in [0.29, 0.717) is 0 Å². The smallest absolute Gasteiger partial charge is 1.00 e. The predicted molar refractivity (Wildman–Crippen MR) is 88.1 cm³/mol. The number of pyridine rings is 2. The Hall–Kier alpha value is -1.50. The standard InChI is InChI=1S/C12H11N.C7H9N.ClH.Pt/c1-10-6-2-3-7-11(10)12-8-4-5-9-13-12;1-6-4-3-5-7(2)8-6;;/h2-9H,1H3;3-5H,1-2H3;1H;/q;;;+2/p-1. The van der Waals surface area contributed by atoms with Gasteiger partial charge in [-0.2, -0.15) is 0 Å². The van der Waals surface area contributed by atoms with Gasteiger partial charge in [-0.3, -0.25) is 9.97 Å². The summed E-state index contributed by atoms with van der Waals surface area (Å²) in [7, 11) is 0. The van der Waals surface area contributed by atoms with Gasteiger partial charge in [0.15, 0.2) is 0 Å². The minimum absolute atomic E-state index is 0. The molecule has 2 heterocycles. The van der Waals surface area contributed by atoms with E-state index in [9.17, 15) is 0 Å². The molecular formula is C19H20ClN2Pt+. The molecule has 0 aliphatic carbocycles. The van der Waals surface area contributed by atoms with Crippen LogP contribution in [-0.4, -0.2) is 9.97 Å². The molecule has 4 heteroatoms. The van der Waals surface area contributed by atoms with Crippen molar-refractivity contribution in [1.29, 1.82) is 0 Å². The number of hydrogen-bond acceptors (Lipinski definition) is 2. The fourth-order valence-electron chi connectivity index (χ4n) is 2.06. The zero-order valence-electron chi connectivity index (χ0n) is 13.4. The fourth-order valence-corrected chi connectivity index (χ4v) is 2.06. The van der Waals surface area contributed by atoms with Crippen LogP contribution >= 0.6 is 0 Å². The van der Waals surface area contributed by atoms with E-state index < -0.39 is 0 Å². The molecule has 0 amide bonds. The molecule has 0 N–H and O–H groups in total. The Balaban J connectivity index is 0.000000425. The van der Waals surface area contributed by atoms with Crippen molar-refractivity contribution in [3.63, 3.8) is 0 Å². The van der Waals surface area contributed by atoms with Gasteiger partial charge in [0, 0.05) is 23.1 Å². The third-order valence-corrected chi connectivity index (χ3v) is 3.11. The topological polar surface area (TPSA) is 25.8 Å². The second kappa shape index (κ2) is 11.1. The number of aryl methyl sites for hydroxylation is 3. The number of halogens is 1. The fraction of sp³-hybridized carbons (Fsp3) is 0.158. The van der Waals surface area contributed by atoms with Crippen LogP contribution < -0.4 is 12.4 Å². The number of aromatic nitrogens is 2. The Labute approximate surface area is 159 Å². The van der Waals surface area contributed by atoms with E-state index in [1.54, 1.807) is 0 Å². The maximum absolute atomic E-state index is 4.31. The number of nitrogens with zero attached hydrogens (tertiary/aromatic N) is 2. The van der Waals surface area contributed by atoms with Crippen molar-refractivity contribution in [1.82, 2.24) is 9.97 Å². The van der Waals surface area contributed by atoms with Crippen LogP contribution in [0.5, 0.6) is 0 Å². The summed E-state index contributed by atoms with van der Waals surface area (Å²) in [5, 5.41) is 0. The Morgan fingerprint density at radius 2 is 1.30 bits per heavy atom. The van der Waals surface area contributed by atoms with Gasteiger partial charge in [-0.1, -0.05) is 36.4 Å². The molecule has 0 aliphatic heterocycles. The molecular weight excluding hydrogens is 487 g/mol. The van der Waals surface area contributed by atoms with Gasteiger partial charge in [-0.15, -0.1) is 0 Å². The molecule has 0 bridgehead atoms. The molecule has 0 saturated carbocycles. The number of rotatable bonds is 1. The van der Waals surface area contributed by atoms with Crippen molar-refractivity contribution in [2.24, 2.45) is 0 Å². The van der Waals surface area contributed by atoms with Crippen LogP contribution in [0.1, 0.15) is 17.0 Å². The van der Waals surface area contributed by atoms with Gasteiger partial charge in [-0.05, 0) is 50.6 Å². The molecule has 3 aromatic rings. The van der Waals surface area contributed by atoms with Gasteiger partial charge in [0.1, 0.15) is 0 Å². The molecule has 2 nitrogen and oxygen atoms in total. The molecule has 0 fully saturated rings. The van der Waals surface area contributed by atoms with E-state index in [0.717, 1.165) is 17.1 Å². The Morgan fingerprint density at radius 3 is 1.78 bits per heavy atom. The first-order valence-corrected chi connectivity index (χ1v) is 7.04. The quantitative estimate of drug-likeness (QED) is 0.503. The molecule has 0 radical (unpaired) electrons. The van der Waals surface area contributed by atoms with Gasteiger partial charge in [-0.25, -0.2) is 0 Å². The maximum atomic E-state index is 4.31. The minimum Gasteiger partial charge on any atom is -1.00 e. The van der Waals surface area contributed by atoms with E-state index in [1.165, 1.54) is 11.1 Å². The largest absolute Gasteiger partial charge is 2.00 e. The third kappa shape index (κ3) is 7.07. The van der Waals surface area contributed by atoms with Crippen LogP contribution in [-0.2, 0) is 21.1 Å². The van der Waals surface area contributed by atoms with E-state index in [2.05, 4.69) is 29.0 Å². The molecule has 2 aromatic heterocycles. The van der Waals surface area contributed by atoms with Crippen LogP contribution in [0.4, 0.5) is 0 Å². The summed E-state index contributed by atoms with van der Waals surface area (Å²) >= 11 is 0. The van der Waals surface area contributed by atoms with Crippen LogP contribution in [0.3, 0.4) is 0 Å². The van der Waals surface area contributed by atoms with Gasteiger partial charge < -0.3 is 12.4 Å². The molecule has 1 aromatic carbocycles. The van der Waals surface area contributed by atoms with E-state index in [1.807, 2.05) is 68.6 Å². The van der Waals surface area contributed by atoms with E-state index >= 15 is 0 Å². The summed E-state index contributed by atoms with van der Waals surface area (Å²) in [5.41, 5.74) is 5.69. The van der Waals surface area contributed by atoms with Crippen LogP contribution in [0, 0.1) is 20.8 Å². The average Bonchev–Trinajstić information content (AvgIpc) is 2.49.